The third kappa shape index (κ3) is 7.55. The van der Waals surface area contributed by atoms with Crippen LogP contribution in [0.4, 0.5) is 5.69 Å². The highest BCUT2D eigenvalue weighted by atomic mass is 35.5. The monoisotopic (exact) mass is 511 g/mol. The lowest BCUT2D eigenvalue weighted by atomic mass is 9.94. The average Bonchev–Trinajstić information content (AvgIpc) is 2.91. The van der Waals surface area contributed by atoms with Gasteiger partial charge in [0.25, 0.3) is 0 Å². The molecule has 2 aliphatic rings. The van der Waals surface area contributed by atoms with E-state index in [0.29, 0.717) is 50.2 Å². The molecule has 36 heavy (non-hydrogen) atoms. The van der Waals surface area contributed by atoms with Crippen molar-refractivity contribution in [3.8, 4) is 0 Å². The summed E-state index contributed by atoms with van der Waals surface area (Å²) in [7, 11) is 0. The first-order valence-corrected chi connectivity index (χ1v) is 13.6. The first-order valence-electron chi connectivity index (χ1n) is 13.2. The maximum atomic E-state index is 13.5. The predicted molar refractivity (Wildman–Crippen MR) is 144 cm³/mol. The molecule has 2 saturated heterocycles. The van der Waals surface area contributed by atoms with Gasteiger partial charge < -0.3 is 19.4 Å². The lowest BCUT2D eigenvalue weighted by Crippen LogP contribution is -2.45. The summed E-state index contributed by atoms with van der Waals surface area (Å²) < 4.78 is 6.13. The molecule has 0 atom stereocenters. The van der Waals surface area contributed by atoms with Gasteiger partial charge in [-0.3, -0.25) is 9.59 Å². The Hall–Kier alpha value is -2.41. The van der Waals surface area contributed by atoms with Crippen molar-refractivity contribution in [1.29, 1.82) is 0 Å². The van der Waals surface area contributed by atoms with Gasteiger partial charge in [-0.15, -0.1) is 0 Å². The Morgan fingerprint density at radius 3 is 2.36 bits per heavy atom. The van der Waals surface area contributed by atoms with E-state index in [4.69, 9.17) is 16.3 Å². The number of halogens is 1. The van der Waals surface area contributed by atoms with Gasteiger partial charge in [0.05, 0.1) is 12.7 Å². The predicted octanol–water partition coefficient (Wildman–Crippen LogP) is 5.00. The standard InChI is InChI=1S/C29H38ClN3O3/c1-23(34)32-19-11-25(12-20-32)29(35)33(27-10-5-9-26(30)21-27)16-6-15-31-17-13-28(14-18-31)36-22-24-7-3-2-4-8-24/h2-5,7-10,21,25,28H,6,11-20,22H2,1H3. The number of piperidine rings is 2. The lowest BCUT2D eigenvalue weighted by molar-refractivity contribution is -0.133. The minimum Gasteiger partial charge on any atom is -0.373 e. The van der Waals surface area contributed by atoms with Gasteiger partial charge in [0.2, 0.25) is 11.8 Å². The van der Waals surface area contributed by atoms with Gasteiger partial charge in [-0.05, 0) is 62.4 Å². The third-order valence-electron chi connectivity index (χ3n) is 7.39. The highest BCUT2D eigenvalue weighted by Crippen LogP contribution is 2.26. The number of hydrogen-bond donors (Lipinski definition) is 0. The summed E-state index contributed by atoms with van der Waals surface area (Å²) in [6.07, 6.45) is 4.72. The van der Waals surface area contributed by atoms with E-state index in [1.807, 2.05) is 52.3 Å². The summed E-state index contributed by atoms with van der Waals surface area (Å²) in [6, 6.07) is 17.9. The van der Waals surface area contributed by atoms with Crippen LogP contribution in [0.25, 0.3) is 0 Å². The van der Waals surface area contributed by atoms with E-state index in [1.165, 1.54) is 5.56 Å². The number of likely N-dealkylation sites (tertiary alicyclic amines) is 2. The Labute approximate surface area is 220 Å². The van der Waals surface area contributed by atoms with Gasteiger partial charge in [-0.1, -0.05) is 48.0 Å². The molecule has 0 aromatic heterocycles. The molecule has 4 rings (SSSR count). The van der Waals surface area contributed by atoms with Crippen LogP contribution in [0.3, 0.4) is 0 Å². The molecule has 6 nitrogen and oxygen atoms in total. The van der Waals surface area contributed by atoms with Crippen LogP contribution < -0.4 is 4.90 Å². The van der Waals surface area contributed by atoms with Crippen molar-refractivity contribution in [3.63, 3.8) is 0 Å². The van der Waals surface area contributed by atoms with E-state index in [1.54, 1.807) is 6.92 Å². The van der Waals surface area contributed by atoms with Crippen LogP contribution in [0.15, 0.2) is 54.6 Å². The Morgan fingerprint density at radius 1 is 0.972 bits per heavy atom. The molecule has 2 fully saturated rings. The van der Waals surface area contributed by atoms with E-state index in [-0.39, 0.29) is 17.7 Å². The summed E-state index contributed by atoms with van der Waals surface area (Å²) >= 11 is 6.27. The Bertz CT molecular complexity index is 986. The molecule has 0 N–H and O–H groups in total. The second-order valence-electron chi connectivity index (χ2n) is 9.94. The SMILES string of the molecule is CC(=O)N1CCC(C(=O)N(CCCN2CCC(OCc3ccccc3)CC2)c2cccc(Cl)c2)CC1. The van der Waals surface area contributed by atoms with Crippen LogP contribution in [-0.2, 0) is 20.9 Å². The van der Waals surface area contributed by atoms with Crippen LogP contribution >= 0.6 is 11.6 Å². The minimum absolute atomic E-state index is 0.0583. The Balaban J connectivity index is 1.26. The first kappa shape index (κ1) is 26.6. The van der Waals surface area contributed by atoms with E-state index in [2.05, 4.69) is 17.0 Å². The van der Waals surface area contributed by atoms with E-state index >= 15 is 0 Å². The summed E-state index contributed by atoms with van der Waals surface area (Å²) in [6.45, 7) is 7.23. The third-order valence-corrected chi connectivity index (χ3v) is 7.63. The topological polar surface area (TPSA) is 53.1 Å². The summed E-state index contributed by atoms with van der Waals surface area (Å²) in [4.78, 5) is 31.5. The second kappa shape index (κ2) is 13.2. The van der Waals surface area contributed by atoms with Gasteiger partial charge in [-0.2, -0.15) is 0 Å². The summed E-state index contributed by atoms with van der Waals surface area (Å²) in [5, 5.41) is 0.634. The number of carbonyl (C=O) groups is 2. The molecule has 0 aliphatic carbocycles. The summed E-state index contributed by atoms with van der Waals surface area (Å²) in [5.41, 5.74) is 2.08. The van der Waals surface area contributed by atoms with Crippen LogP contribution in [-0.4, -0.2) is 67.0 Å². The molecule has 0 unspecified atom stereocenters. The van der Waals surface area contributed by atoms with Crippen LogP contribution in [0.2, 0.25) is 5.02 Å². The molecule has 2 heterocycles. The van der Waals surface area contributed by atoms with Crippen LogP contribution in [0, 0.1) is 5.92 Å². The van der Waals surface area contributed by atoms with E-state index in [0.717, 1.165) is 44.6 Å². The van der Waals surface area contributed by atoms with Crippen LogP contribution in [0.1, 0.15) is 44.6 Å². The number of carbonyl (C=O) groups excluding carboxylic acids is 2. The Kier molecular flexibility index (Phi) is 9.79. The molecule has 194 valence electrons. The van der Waals surface area contributed by atoms with E-state index < -0.39 is 0 Å². The second-order valence-corrected chi connectivity index (χ2v) is 10.4. The van der Waals surface area contributed by atoms with Crippen molar-refractivity contribution in [1.82, 2.24) is 9.80 Å². The lowest BCUT2D eigenvalue weighted by Gasteiger charge is -2.35. The average molecular weight is 512 g/mol. The minimum atomic E-state index is -0.0583. The maximum absolute atomic E-state index is 13.5. The van der Waals surface area contributed by atoms with Crippen LogP contribution in [0.5, 0.6) is 0 Å². The van der Waals surface area contributed by atoms with E-state index in [9.17, 15) is 9.59 Å². The van der Waals surface area contributed by atoms with Crippen molar-refractivity contribution in [3.05, 3.63) is 65.2 Å². The number of nitrogens with zero attached hydrogens (tertiary/aromatic N) is 3. The zero-order valence-corrected chi connectivity index (χ0v) is 22.0. The molecule has 2 aromatic rings. The molecular weight excluding hydrogens is 474 g/mol. The summed E-state index contributed by atoms with van der Waals surface area (Å²) in [5.74, 6) is 0.174. The zero-order chi connectivity index (χ0) is 25.3. The number of rotatable bonds is 9. The Morgan fingerprint density at radius 2 is 1.69 bits per heavy atom. The van der Waals surface area contributed by atoms with Crippen molar-refractivity contribution >= 4 is 29.1 Å². The normalized spacial score (nSPS) is 17.8. The molecule has 0 saturated carbocycles. The van der Waals surface area contributed by atoms with Gasteiger partial charge in [0.15, 0.2) is 0 Å². The molecular formula is C29H38ClN3O3. The van der Waals surface area contributed by atoms with Crippen molar-refractivity contribution in [2.75, 3.05) is 44.2 Å². The zero-order valence-electron chi connectivity index (χ0n) is 21.3. The van der Waals surface area contributed by atoms with Gasteiger partial charge in [-0.25, -0.2) is 0 Å². The fourth-order valence-corrected chi connectivity index (χ4v) is 5.40. The van der Waals surface area contributed by atoms with Crippen molar-refractivity contribution in [2.45, 2.75) is 51.7 Å². The highest BCUT2D eigenvalue weighted by molar-refractivity contribution is 6.30. The quantitative estimate of drug-likeness (QED) is 0.475. The largest absolute Gasteiger partial charge is 0.373 e. The number of anilines is 1. The fourth-order valence-electron chi connectivity index (χ4n) is 5.21. The molecule has 0 radical (unpaired) electrons. The smallest absolute Gasteiger partial charge is 0.230 e. The van der Waals surface area contributed by atoms with Gasteiger partial charge in [0, 0.05) is 56.3 Å². The molecule has 0 bridgehead atoms. The molecule has 2 amide bonds. The molecule has 0 spiro atoms. The number of benzene rings is 2. The van der Waals surface area contributed by atoms with Crippen molar-refractivity contribution < 1.29 is 14.3 Å². The highest BCUT2D eigenvalue weighted by Gasteiger charge is 2.30. The maximum Gasteiger partial charge on any atom is 0.230 e. The van der Waals surface area contributed by atoms with Gasteiger partial charge in [0.1, 0.15) is 0 Å². The molecule has 2 aromatic carbocycles. The molecule has 2 aliphatic heterocycles. The number of amides is 2. The van der Waals surface area contributed by atoms with Crippen molar-refractivity contribution in [2.24, 2.45) is 5.92 Å². The number of hydrogen-bond acceptors (Lipinski definition) is 4. The fraction of sp³-hybridized carbons (Fsp3) is 0.517. The number of ether oxygens (including phenoxy) is 1. The first-order chi connectivity index (χ1) is 17.5. The molecule has 7 heteroatoms. The van der Waals surface area contributed by atoms with Gasteiger partial charge >= 0.3 is 0 Å².